The zero-order valence-corrected chi connectivity index (χ0v) is 21.2. The molecule has 1 aliphatic heterocycles. The maximum absolute atomic E-state index is 11.7. The van der Waals surface area contributed by atoms with Crippen molar-refractivity contribution < 1.29 is 4.79 Å². The lowest BCUT2D eigenvalue weighted by molar-refractivity contribution is -0.127. The Hall–Kier alpha value is -1.35. The first kappa shape index (κ1) is 26.7. The zero-order chi connectivity index (χ0) is 20.9. The number of amides is 1. The first-order chi connectivity index (χ1) is 14.2. The third kappa shape index (κ3) is 9.20. The van der Waals surface area contributed by atoms with Crippen LogP contribution in [0.1, 0.15) is 45.6 Å². The number of nitrogens with one attached hydrogen (secondary N) is 2. The fraction of sp³-hybridized carbons (Fsp3) is 0.652. The summed E-state index contributed by atoms with van der Waals surface area (Å²) in [7, 11) is 0. The van der Waals surface area contributed by atoms with E-state index in [-0.39, 0.29) is 24.0 Å². The number of hydrogen-bond donors (Lipinski definition) is 2. The van der Waals surface area contributed by atoms with E-state index < -0.39 is 0 Å². The second-order valence-electron chi connectivity index (χ2n) is 7.55. The average molecular weight is 530 g/mol. The molecule has 1 fully saturated rings. The predicted molar refractivity (Wildman–Crippen MR) is 137 cm³/mol. The topological polar surface area (TPSA) is 60.0 Å². The third-order valence-corrected chi connectivity index (χ3v) is 5.52. The van der Waals surface area contributed by atoms with Crippen molar-refractivity contribution in [2.45, 2.75) is 52.5 Å². The highest BCUT2D eigenvalue weighted by Crippen LogP contribution is 2.10. The highest BCUT2D eigenvalue weighted by Gasteiger charge is 2.19. The molecule has 1 aromatic rings. The van der Waals surface area contributed by atoms with Crippen LogP contribution in [0.2, 0.25) is 0 Å². The Morgan fingerprint density at radius 1 is 1.17 bits per heavy atom. The summed E-state index contributed by atoms with van der Waals surface area (Å²) in [6, 6.07) is 11.1. The number of aliphatic imine (C=N–C) groups is 1. The number of nitrogens with zero attached hydrogens (tertiary/aromatic N) is 3. The van der Waals surface area contributed by atoms with Gasteiger partial charge in [-0.3, -0.25) is 14.7 Å². The smallest absolute Gasteiger partial charge is 0.222 e. The molecular weight excluding hydrogens is 489 g/mol. The minimum Gasteiger partial charge on any atom is -0.357 e. The van der Waals surface area contributed by atoms with Gasteiger partial charge in [-0.1, -0.05) is 44.2 Å². The van der Waals surface area contributed by atoms with Crippen molar-refractivity contribution in [1.29, 1.82) is 0 Å². The van der Waals surface area contributed by atoms with Crippen LogP contribution in [-0.4, -0.2) is 73.5 Å². The molecule has 170 valence electrons. The average Bonchev–Trinajstić information content (AvgIpc) is 3.15. The number of hydrogen-bond acceptors (Lipinski definition) is 3. The van der Waals surface area contributed by atoms with E-state index >= 15 is 0 Å². The number of guanidine groups is 1. The Morgan fingerprint density at radius 3 is 2.50 bits per heavy atom. The molecule has 1 atom stereocenters. The SMILES string of the molecule is CCNC(=NCC(Cc1ccccc1)N(CC)CC)NCCCN1CCCC1=O.I. The highest BCUT2D eigenvalue weighted by atomic mass is 127. The molecule has 1 aromatic carbocycles. The van der Waals surface area contributed by atoms with Crippen molar-refractivity contribution in [1.82, 2.24) is 20.4 Å². The van der Waals surface area contributed by atoms with Crippen molar-refractivity contribution >= 4 is 35.8 Å². The second-order valence-corrected chi connectivity index (χ2v) is 7.55. The first-order valence-corrected chi connectivity index (χ1v) is 11.3. The van der Waals surface area contributed by atoms with Crippen LogP contribution in [-0.2, 0) is 11.2 Å². The minimum absolute atomic E-state index is 0. The summed E-state index contributed by atoms with van der Waals surface area (Å²) in [5.41, 5.74) is 1.35. The molecule has 1 aliphatic rings. The van der Waals surface area contributed by atoms with Gasteiger partial charge in [-0.2, -0.15) is 0 Å². The van der Waals surface area contributed by atoms with Gasteiger partial charge in [0, 0.05) is 38.6 Å². The number of likely N-dealkylation sites (N-methyl/N-ethyl adjacent to an activating group) is 1. The van der Waals surface area contributed by atoms with Gasteiger partial charge in [-0.25, -0.2) is 0 Å². The lowest BCUT2D eigenvalue weighted by Crippen LogP contribution is -2.42. The van der Waals surface area contributed by atoms with E-state index in [0.29, 0.717) is 18.4 Å². The molecule has 1 heterocycles. The predicted octanol–water partition coefficient (Wildman–Crippen LogP) is 3.13. The standard InChI is InChI=1S/C23H39N5O.HI/c1-4-24-23(25-15-11-17-28-16-10-14-22(28)29)26-19-21(27(5-2)6-3)18-20-12-8-7-9-13-20;/h7-9,12-13,21H,4-6,10-11,14-19H2,1-3H3,(H2,24,25,26);1H. The number of benzene rings is 1. The molecule has 30 heavy (non-hydrogen) atoms. The van der Waals surface area contributed by atoms with Crippen molar-refractivity contribution in [3.8, 4) is 0 Å². The molecule has 0 radical (unpaired) electrons. The Kier molecular flexibility index (Phi) is 13.7. The van der Waals surface area contributed by atoms with E-state index in [1.807, 2.05) is 4.90 Å². The normalized spacial score (nSPS) is 15.3. The fourth-order valence-corrected chi connectivity index (χ4v) is 3.89. The van der Waals surface area contributed by atoms with Crippen LogP contribution in [0.25, 0.3) is 0 Å². The summed E-state index contributed by atoms with van der Waals surface area (Å²) >= 11 is 0. The van der Waals surface area contributed by atoms with Gasteiger partial charge in [-0.15, -0.1) is 24.0 Å². The van der Waals surface area contributed by atoms with Crippen molar-refractivity contribution in [2.75, 3.05) is 45.8 Å². The second kappa shape index (κ2) is 15.5. The van der Waals surface area contributed by atoms with E-state index in [4.69, 9.17) is 4.99 Å². The van der Waals surface area contributed by atoms with Crippen LogP contribution in [0.15, 0.2) is 35.3 Å². The summed E-state index contributed by atoms with van der Waals surface area (Å²) in [5, 5.41) is 6.79. The molecular formula is C23H40IN5O. The quantitative estimate of drug-likeness (QED) is 0.189. The summed E-state index contributed by atoms with van der Waals surface area (Å²) in [6.07, 6.45) is 3.67. The minimum atomic E-state index is 0. The maximum Gasteiger partial charge on any atom is 0.222 e. The molecule has 0 aliphatic carbocycles. The lowest BCUT2D eigenvalue weighted by Gasteiger charge is -2.29. The van der Waals surface area contributed by atoms with Crippen molar-refractivity contribution in [2.24, 2.45) is 4.99 Å². The molecule has 1 unspecified atom stereocenters. The van der Waals surface area contributed by atoms with Gasteiger partial charge in [0.2, 0.25) is 5.91 Å². The number of halogens is 1. The summed E-state index contributed by atoms with van der Waals surface area (Å²) in [4.78, 5) is 21.1. The van der Waals surface area contributed by atoms with E-state index in [2.05, 4.69) is 66.6 Å². The monoisotopic (exact) mass is 529 g/mol. The number of carbonyl (C=O) groups excluding carboxylic acids is 1. The Bertz CT molecular complexity index is 621. The largest absolute Gasteiger partial charge is 0.357 e. The van der Waals surface area contributed by atoms with Gasteiger partial charge < -0.3 is 15.5 Å². The van der Waals surface area contributed by atoms with Gasteiger partial charge in [-0.05, 0) is 44.8 Å². The molecule has 0 saturated carbocycles. The molecule has 7 heteroatoms. The van der Waals surface area contributed by atoms with E-state index in [1.165, 1.54) is 5.56 Å². The molecule has 0 spiro atoms. The third-order valence-electron chi connectivity index (χ3n) is 5.52. The van der Waals surface area contributed by atoms with Crippen molar-refractivity contribution in [3.63, 3.8) is 0 Å². The van der Waals surface area contributed by atoms with Gasteiger partial charge in [0.15, 0.2) is 5.96 Å². The summed E-state index contributed by atoms with van der Waals surface area (Å²) in [5.74, 6) is 1.17. The Morgan fingerprint density at radius 2 is 1.90 bits per heavy atom. The molecule has 0 bridgehead atoms. The lowest BCUT2D eigenvalue weighted by atomic mass is 10.0. The van der Waals surface area contributed by atoms with Crippen LogP contribution >= 0.6 is 24.0 Å². The number of rotatable bonds is 12. The molecule has 1 saturated heterocycles. The molecule has 6 nitrogen and oxygen atoms in total. The van der Waals surface area contributed by atoms with E-state index in [0.717, 1.165) is 71.0 Å². The Balaban J connectivity index is 0.00000450. The van der Waals surface area contributed by atoms with Crippen LogP contribution in [0, 0.1) is 0 Å². The zero-order valence-electron chi connectivity index (χ0n) is 18.9. The van der Waals surface area contributed by atoms with E-state index in [9.17, 15) is 4.79 Å². The van der Waals surface area contributed by atoms with Gasteiger partial charge in [0.25, 0.3) is 0 Å². The van der Waals surface area contributed by atoms with Crippen LogP contribution in [0.4, 0.5) is 0 Å². The number of carbonyl (C=O) groups is 1. The summed E-state index contributed by atoms with van der Waals surface area (Å²) < 4.78 is 0. The van der Waals surface area contributed by atoms with Crippen LogP contribution in [0.3, 0.4) is 0 Å². The van der Waals surface area contributed by atoms with Gasteiger partial charge >= 0.3 is 0 Å². The molecule has 1 amide bonds. The van der Waals surface area contributed by atoms with Crippen molar-refractivity contribution in [3.05, 3.63) is 35.9 Å². The Labute approximate surface area is 199 Å². The molecule has 2 rings (SSSR count). The highest BCUT2D eigenvalue weighted by molar-refractivity contribution is 14.0. The summed E-state index contributed by atoms with van der Waals surface area (Å²) in [6.45, 7) is 12.7. The first-order valence-electron chi connectivity index (χ1n) is 11.3. The number of likely N-dealkylation sites (tertiary alicyclic amines) is 1. The van der Waals surface area contributed by atoms with Crippen LogP contribution in [0.5, 0.6) is 0 Å². The molecule has 0 aromatic heterocycles. The van der Waals surface area contributed by atoms with Crippen LogP contribution < -0.4 is 10.6 Å². The van der Waals surface area contributed by atoms with E-state index in [1.54, 1.807) is 0 Å². The van der Waals surface area contributed by atoms with Gasteiger partial charge in [0.05, 0.1) is 6.54 Å². The fourth-order valence-electron chi connectivity index (χ4n) is 3.89. The maximum atomic E-state index is 11.7. The van der Waals surface area contributed by atoms with Gasteiger partial charge in [0.1, 0.15) is 0 Å². The molecule has 2 N–H and O–H groups in total.